The summed E-state index contributed by atoms with van der Waals surface area (Å²) >= 11 is 0. The standard InChI is InChI=1S/C11H9F2N.C10H11FO3S/c12-8-4-7(6-14)9-2-1-3-11(13)10(9)5-8;1-15(13,14)8-4-2-3-6-5-7(11)10(12)9(6)8/h4-5,11H,1-3H2;2-4,7,10,12H,5H2,1H3. The molecule has 0 spiro atoms. The van der Waals surface area contributed by atoms with E-state index in [1.807, 2.05) is 6.07 Å². The fraction of sp³-hybridized carbons (Fsp3) is 0.381. The van der Waals surface area contributed by atoms with E-state index in [9.17, 15) is 26.7 Å². The van der Waals surface area contributed by atoms with Crippen LogP contribution in [0.1, 0.15) is 52.9 Å². The van der Waals surface area contributed by atoms with E-state index < -0.39 is 34.1 Å². The molecule has 0 aliphatic heterocycles. The van der Waals surface area contributed by atoms with Crippen LogP contribution in [0.5, 0.6) is 0 Å². The minimum atomic E-state index is -3.41. The van der Waals surface area contributed by atoms with E-state index in [0.717, 1.165) is 12.7 Å². The summed E-state index contributed by atoms with van der Waals surface area (Å²) in [6.45, 7) is 0. The molecule has 2 aliphatic rings. The van der Waals surface area contributed by atoms with Crippen molar-refractivity contribution in [3.63, 3.8) is 0 Å². The third-order valence-electron chi connectivity index (χ3n) is 5.20. The summed E-state index contributed by atoms with van der Waals surface area (Å²) in [7, 11) is -3.41. The summed E-state index contributed by atoms with van der Waals surface area (Å²) < 4.78 is 62.4. The molecule has 2 aliphatic carbocycles. The molecule has 154 valence electrons. The second-order valence-corrected chi connectivity index (χ2v) is 9.24. The van der Waals surface area contributed by atoms with Crippen molar-refractivity contribution in [1.29, 1.82) is 5.26 Å². The lowest BCUT2D eigenvalue weighted by molar-refractivity contribution is 0.0907. The maximum atomic E-state index is 13.4. The van der Waals surface area contributed by atoms with Crippen molar-refractivity contribution >= 4 is 9.84 Å². The van der Waals surface area contributed by atoms with E-state index in [0.29, 0.717) is 29.5 Å². The highest BCUT2D eigenvalue weighted by atomic mass is 32.2. The molecule has 0 radical (unpaired) electrons. The number of hydrogen-bond donors (Lipinski definition) is 1. The van der Waals surface area contributed by atoms with Gasteiger partial charge in [0, 0.05) is 18.2 Å². The Balaban J connectivity index is 0.000000166. The number of alkyl halides is 2. The number of rotatable bonds is 1. The molecule has 4 nitrogen and oxygen atoms in total. The Morgan fingerprint density at radius 2 is 1.97 bits per heavy atom. The third-order valence-corrected chi connectivity index (χ3v) is 6.36. The number of benzene rings is 2. The molecule has 0 fully saturated rings. The second-order valence-electron chi connectivity index (χ2n) is 7.26. The zero-order valence-corrected chi connectivity index (χ0v) is 16.5. The minimum Gasteiger partial charge on any atom is -0.385 e. The number of hydrogen-bond acceptors (Lipinski definition) is 4. The summed E-state index contributed by atoms with van der Waals surface area (Å²) in [6, 6.07) is 8.91. The molecular weight excluding hydrogens is 403 g/mol. The summed E-state index contributed by atoms with van der Waals surface area (Å²) in [5.41, 5.74) is 2.15. The van der Waals surface area contributed by atoms with Crippen LogP contribution in [0.4, 0.5) is 13.2 Å². The monoisotopic (exact) mass is 423 g/mol. The molecule has 29 heavy (non-hydrogen) atoms. The molecule has 4 rings (SSSR count). The number of halogens is 3. The molecular formula is C21H20F3NO3S. The molecule has 0 aromatic heterocycles. The Morgan fingerprint density at radius 1 is 1.24 bits per heavy atom. The van der Waals surface area contributed by atoms with Crippen LogP contribution in [0.15, 0.2) is 35.2 Å². The lowest BCUT2D eigenvalue weighted by Gasteiger charge is -2.20. The molecule has 3 unspecified atom stereocenters. The first-order valence-corrected chi connectivity index (χ1v) is 11.0. The highest BCUT2D eigenvalue weighted by Crippen LogP contribution is 2.37. The molecule has 0 saturated heterocycles. The van der Waals surface area contributed by atoms with Crippen molar-refractivity contribution < 1.29 is 26.7 Å². The van der Waals surface area contributed by atoms with Crippen molar-refractivity contribution in [2.75, 3.05) is 6.26 Å². The van der Waals surface area contributed by atoms with Gasteiger partial charge in [0.05, 0.1) is 16.5 Å². The Morgan fingerprint density at radius 3 is 2.62 bits per heavy atom. The zero-order valence-electron chi connectivity index (χ0n) is 15.7. The number of fused-ring (bicyclic) bond motifs is 2. The van der Waals surface area contributed by atoms with Gasteiger partial charge in [-0.3, -0.25) is 0 Å². The number of nitrogens with zero attached hydrogens (tertiary/aromatic N) is 1. The van der Waals surface area contributed by atoms with E-state index >= 15 is 0 Å². The molecule has 0 amide bonds. The highest BCUT2D eigenvalue weighted by molar-refractivity contribution is 7.90. The van der Waals surface area contributed by atoms with E-state index in [4.69, 9.17) is 5.26 Å². The van der Waals surface area contributed by atoms with Crippen LogP contribution in [0, 0.1) is 17.1 Å². The zero-order chi connectivity index (χ0) is 21.3. The predicted octanol–water partition coefficient (Wildman–Crippen LogP) is 4.06. The average molecular weight is 423 g/mol. The Labute approximate surface area is 167 Å². The van der Waals surface area contributed by atoms with E-state index in [2.05, 4.69) is 0 Å². The summed E-state index contributed by atoms with van der Waals surface area (Å²) in [5.74, 6) is -0.523. The maximum Gasteiger partial charge on any atom is 0.175 e. The van der Waals surface area contributed by atoms with E-state index in [1.165, 1.54) is 18.2 Å². The van der Waals surface area contributed by atoms with Gasteiger partial charge in [0.1, 0.15) is 24.3 Å². The number of aliphatic hydroxyl groups is 1. The van der Waals surface area contributed by atoms with Crippen molar-refractivity contribution in [3.8, 4) is 6.07 Å². The van der Waals surface area contributed by atoms with Crippen LogP contribution >= 0.6 is 0 Å². The minimum absolute atomic E-state index is 0.0349. The van der Waals surface area contributed by atoms with Crippen molar-refractivity contribution in [1.82, 2.24) is 0 Å². The van der Waals surface area contributed by atoms with Gasteiger partial charge in [0.25, 0.3) is 0 Å². The Bertz CT molecular complexity index is 1080. The van der Waals surface area contributed by atoms with Gasteiger partial charge < -0.3 is 5.11 Å². The molecule has 2 aromatic carbocycles. The van der Waals surface area contributed by atoms with Gasteiger partial charge in [0.2, 0.25) is 0 Å². The number of aliphatic hydroxyl groups excluding tert-OH is 1. The molecule has 2 aromatic rings. The Kier molecular flexibility index (Phi) is 6.01. The van der Waals surface area contributed by atoms with Crippen LogP contribution in [0.25, 0.3) is 0 Å². The highest BCUT2D eigenvalue weighted by Gasteiger charge is 2.35. The van der Waals surface area contributed by atoms with Crippen LogP contribution in [-0.4, -0.2) is 26.0 Å². The normalized spacial score (nSPS) is 22.7. The topological polar surface area (TPSA) is 78.2 Å². The summed E-state index contributed by atoms with van der Waals surface area (Å²) in [5, 5.41) is 18.3. The average Bonchev–Trinajstić information content (AvgIpc) is 2.96. The molecule has 0 saturated carbocycles. The molecule has 3 atom stereocenters. The first-order chi connectivity index (χ1) is 13.6. The van der Waals surface area contributed by atoms with E-state index in [-0.39, 0.29) is 22.4 Å². The smallest absolute Gasteiger partial charge is 0.175 e. The Hall–Kier alpha value is -2.37. The number of nitriles is 1. The lowest BCUT2D eigenvalue weighted by Crippen LogP contribution is -2.10. The SMILES string of the molecule is CS(=O)(=O)c1cccc2c1C(O)C(F)C2.N#Cc1cc(F)cc2c1CCCC2F. The van der Waals surface area contributed by atoms with Gasteiger partial charge in [-0.25, -0.2) is 21.6 Å². The van der Waals surface area contributed by atoms with Crippen LogP contribution in [-0.2, 0) is 22.7 Å². The fourth-order valence-electron chi connectivity index (χ4n) is 3.86. The summed E-state index contributed by atoms with van der Waals surface area (Å²) in [6.07, 6.45) is -0.842. The number of sulfone groups is 1. The van der Waals surface area contributed by atoms with Crippen molar-refractivity contribution in [2.24, 2.45) is 0 Å². The lowest BCUT2D eigenvalue weighted by atomic mass is 9.87. The van der Waals surface area contributed by atoms with Gasteiger partial charge in [-0.15, -0.1) is 0 Å². The van der Waals surface area contributed by atoms with Crippen molar-refractivity contribution in [3.05, 3.63) is 64.0 Å². The largest absolute Gasteiger partial charge is 0.385 e. The predicted molar refractivity (Wildman–Crippen MR) is 101 cm³/mol. The first-order valence-electron chi connectivity index (χ1n) is 9.14. The molecule has 1 N–H and O–H groups in total. The van der Waals surface area contributed by atoms with Gasteiger partial charge in [-0.2, -0.15) is 5.26 Å². The van der Waals surface area contributed by atoms with Gasteiger partial charge >= 0.3 is 0 Å². The van der Waals surface area contributed by atoms with E-state index in [1.54, 1.807) is 12.1 Å². The van der Waals surface area contributed by atoms with Crippen LogP contribution < -0.4 is 0 Å². The fourth-order valence-corrected chi connectivity index (χ4v) is 4.84. The van der Waals surface area contributed by atoms with Gasteiger partial charge in [0.15, 0.2) is 9.84 Å². The van der Waals surface area contributed by atoms with Gasteiger partial charge in [-0.05, 0) is 54.2 Å². The maximum absolute atomic E-state index is 13.4. The van der Waals surface area contributed by atoms with Crippen molar-refractivity contribution in [2.45, 2.75) is 49.0 Å². The van der Waals surface area contributed by atoms with Crippen LogP contribution in [0.2, 0.25) is 0 Å². The quantitative estimate of drug-likeness (QED) is 0.750. The molecule has 8 heteroatoms. The van der Waals surface area contributed by atoms with Gasteiger partial charge in [-0.1, -0.05) is 12.1 Å². The third kappa shape index (κ3) is 4.31. The molecule has 0 heterocycles. The summed E-state index contributed by atoms with van der Waals surface area (Å²) in [4.78, 5) is 0.0349. The first kappa shape index (κ1) is 21.3. The second kappa shape index (κ2) is 8.17. The molecule has 0 bridgehead atoms. The van der Waals surface area contributed by atoms with Crippen LogP contribution in [0.3, 0.4) is 0 Å².